The summed E-state index contributed by atoms with van der Waals surface area (Å²) in [7, 11) is 0. The number of carboxylic acids is 1. The molecule has 0 saturated heterocycles. The van der Waals surface area contributed by atoms with E-state index in [-0.39, 0.29) is 51.1 Å². The Labute approximate surface area is 218 Å². The van der Waals surface area contributed by atoms with Crippen LogP contribution in [0.1, 0.15) is 40.8 Å². The van der Waals surface area contributed by atoms with Crippen LogP contribution in [-0.2, 0) is 27.5 Å². The molecule has 0 spiro atoms. The van der Waals surface area contributed by atoms with Crippen LogP contribution in [0, 0.1) is 35.4 Å². The maximum atomic E-state index is 15.5. The Hall–Kier alpha value is -4.55. The third-order valence-corrected chi connectivity index (χ3v) is 5.60. The fourth-order valence-electron chi connectivity index (χ4n) is 3.24. The van der Waals surface area contributed by atoms with Gasteiger partial charge in [0.05, 0.1) is 46.3 Å². The molecule has 0 amide bonds. The molecule has 3 aromatic rings. The number of aryl methyl sites for hydroxylation is 1. The lowest BCUT2D eigenvalue weighted by Crippen LogP contribution is -2.28. The average Bonchev–Trinajstić information content (AvgIpc) is 2.87. The highest BCUT2D eigenvalue weighted by Crippen LogP contribution is 2.35. The predicted molar refractivity (Wildman–Crippen MR) is 129 cm³/mol. The van der Waals surface area contributed by atoms with Crippen LogP contribution in [-0.4, -0.2) is 26.8 Å². The highest BCUT2D eigenvalue weighted by Gasteiger charge is 2.18. The molecule has 1 aromatic heterocycles. The van der Waals surface area contributed by atoms with Crippen molar-refractivity contribution in [1.82, 2.24) is 9.78 Å². The van der Waals surface area contributed by atoms with Crippen molar-refractivity contribution in [3.05, 3.63) is 85.0 Å². The maximum absolute atomic E-state index is 15.5. The van der Waals surface area contributed by atoms with Crippen molar-refractivity contribution in [3.8, 4) is 23.6 Å². The summed E-state index contributed by atoms with van der Waals surface area (Å²) in [6.45, 7) is 0.997. The molecule has 0 fully saturated rings. The molecule has 37 heavy (non-hydrogen) atoms. The van der Waals surface area contributed by atoms with Gasteiger partial charge in [-0.05, 0) is 58.7 Å². The number of nitriles is 2. The minimum atomic E-state index is -1.16. The van der Waals surface area contributed by atoms with E-state index < -0.39 is 36.5 Å². The van der Waals surface area contributed by atoms with Gasteiger partial charge in [-0.15, -0.1) is 0 Å². The number of carbonyl (C=O) groups is 2. The summed E-state index contributed by atoms with van der Waals surface area (Å²) in [6.07, 6.45) is -0.819. The summed E-state index contributed by atoms with van der Waals surface area (Å²) in [6, 6.07) is 12.5. The quantitative estimate of drug-likeness (QED) is 0.377. The molecular weight excluding hydrogens is 551 g/mol. The fourth-order valence-corrected chi connectivity index (χ4v) is 3.62. The number of rotatable bonds is 9. The number of nitrogens with zero attached hydrogens (tertiary/aromatic N) is 4. The number of aromatic nitrogens is 2. The number of esters is 1. The van der Waals surface area contributed by atoms with Crippen molar-refractivity contribution in [2.45, 2.75) is 32.9 Å². The third-order valence-electron chi connectivity index (χ3n) is 4.98. The van der Waals surface area contributed by atoms with Gasteiger partial charge in [-0.2, -0.15) is 20.3 Å². The summed E-state index contributed by atoms with van der Waals surface area (Å²) in [5.41, 5.74) is 0.563. The van der Waals surface area contributed by atoms with Crippen molar-refractivity contribution in [2.75, 3.05) is 0 Å². The van der Waals surface area contributed by atoms with Crippen LogP contribution in [0.25, 0.3) is 0 Å². The highest BCUT2D eigenvalue weighted by molar-refractivity contribution is 9.10. The minimum absolute atomic E-state index is 0.0504. The van der Waals surface area contributed by atoms with Crippen LogP contribution >= 0.6 is 15.9 Å². The second-order valence-electron chi connectivity index (χ2n) is 7.76. The van der Waals surface area contributed by atoms with E-state index >= 15 is 4.39 Å². The molecule has 0 saturated carbocycles. The van der Waals surface area contributed by atoms with Crippen molar-refractivity contribution in [2.24, 2.45) is 0 Å². The Bertz CT molecular complexity index is 1490. The monoisotopic (exact) mass is 568 g/mol. The molecule has 0 aliphatic carbocycles. The molecule has 0 unspecified atom stereocenters. The zero-order valence-electron chi connectivity index (χ0n) is 19.3. The Balaban J connectivity index is 1.86. The second kappa shape index (κ2) is 11.9. The third kappa shape index (κ3) is 6.99. The van der Waals surface area contributed by atoms with E-state index in [2.05, 4.69) is 21.0 Å². The van der Waals surface area contributed by atoms with Gasteiger partial charge >= 0.3 is 11.9 Å². The van der Waals surface area contributed by atoms with Crippen molar-refractivity contribution >= 4 is 27.9 Å². The lowest BCUT2D eigenvalue weighted by Gasteiger charge is -2.13. The van der Waals surface area contributed by atoms with Gasteiger partial charge in [0.25, 0.3) is 5.56 Å². The molecule has 3 rings (SSSR count). The van der Waals surface area contributed by atoms with Crippen LogP contribution in [0.15, 0.2) is 45.7 Å². The zero-order valence-corrected chi connectivity index (χ0v) is 20.9. The normalized spacial score (nSPS) is 10.3. The molecular formula is C25H18BrFN4O6. The SMILES string of the molecule is Cc1cc(Cc2ccc(Br)c(Oc3cc(C#N)cc(C#N)c3)c2F)nn(COC(=O)CCC(=O)O)c1=O. The molecule has 10 nitrogen and oxygen atoms in total. The molecule has 0 aliphatic heterocycles. The standard InChI is InChI=1S/C25H18BrFN4O6/c1-14-6-18(30-31(25(14)35)13-36-22(34)5-4-21(32)33)10-17-2-3-20(26)24(23(17)27)37-19-8-15(11-28)7-16(9-19)12-29/h2-3,6-9H,4-5,10,13H2,1H3,(H,32,33). The number of hydrogen-bond acceptors (Lipinski definition) is 8. The Kier molecular flexibility index (Phi) is 8.72. The van der Waals surface area contributed by atoms with Gasteiger partial charge in [0.15, 0.2) is 18.3 Å². The topological polar surface area (TPSA) is 155 Å². The average molecular weight is 569 g/mol. The predicted octanol–water partition coefficient (Wildman–Crippen LogP) is 3.95. The van der Waals surface area contributed by atoms with E-state index in [4.69, 9.17) is 25.1 Å². The number of halogens is 2. The molecule has 1 N–H and O–H groups in total. The van der Waals surface area contributed by atoms with Crippen LogP contribution in [0.4, 0.5) is 4.39 Å². The first-order chi connectivity index (χ1) is 17.6. The van der Waals surface area contributed by atoms with Gasteiger partial charge in [-0.25, -0.2) is 4.39 Å². The van der Waals surface area contributed by atoms with Crippen LogP contribution in [0.5, 0.6) is 11.5 Å². The number of ether oxygens (including phenoxy) is 2. The highest BCUT2D eigenvalue weighted by atomic mass is 79.9. The van der Waals surface area contributed by atoms with Crippen molar-refractivity contribution < 1.29 is 28.6 Å². The van der Waals surface area contributed by atoms with Gasteiger partial charge in [0.2, 0.25) is 0 Å². The number of hydrogen-bond donors (Lipinski definition) is 1. The molecule has 0 radical (unpaired) electrons. The summed E-state index contributed by atoms with van der Waals surface area (Å²) in [5.74, 6) is -2.77. The molecule has 188 valence electrons. The summed E-state index contributed by atoms with van der Waals surface area (Å²) in [5, 5.41) is 31.1. The second-order valence-corrected chi connectivity index (χ2v) is 8.62. The first-order valence-corrected chi connectivity index (χ1v) is 11.5. The summed E-state index contributed by atoms with van der Waals surface area (Å²) < 4.78 is 27.3. The number of carbonyl (C=O) groups excluding carboxylic acids is 1. The zero-order chi connectivity index (χ0) is 27.1. The number of carboxylic acid groups (broad SMARTS) is 1. The van der Waals surface area contributed by atoms with Crippen LogP contribution in [0.3, 0.4) is 0 Å². The number of benzene rings is 2. The molecule has 0 atom stereocenters. The molecule has 0 bridgehead atoms. The van der Waals surface area contributed by atoms with Gasteiger partial charge in [0, 0.05) is 12.0 Å². The largest absolute Gasteiger partial charge is 0.481 e. The fraction of sp³-hybridized carbons (Fsp3) is 0.200. The van der Waals surface area contributed by atoms with Crippen molar-refractivity contribution in [1.29, 1.82) is 10.5 Å². The number of aliphatic carboxylic acids is 1. The van der Waals surface area contributed by atoms with Gasteiger partial charge in [-0.3, -0.25) is 14.4 Å². The van der Waals surface area contributed by atoms with Crippen LogP contribution < -0.4 is 10.3 Å². The van der Waals surface area contributed by atoms with Gasteiger partial charge < -0.3 is 14.6 Å². The lowest BCUT2D eigenvalue weighted by molar-refractivity contribution is -0.151. The minimum Gasteiger partial charge on any atom is -0.481 e. The van der Waals surface area contributed by atoms with Crippen molar-refractivity contribution in [3.63, 3.8) is 0 Å². The molecule has 0 aliphatic rings. The Morgan fingerprint density at radius 1 is 1.14 bits per heavy atom. The maximum Gasteiger partial charge on any atom is 0.308 e. The van der Waals surface area contributed by atoms with E-state index in [0.29, 0.717) is 5.69 Å². The van der Waals surface area contributed by atoms with E-state index in [1.54, 1.807) is 6.07 Å². The molecule has 12 heteroatoms. The van der Waals surface area contributed by atoms with E-state index in [1.807, 2.05) is 12.1 Å². The van der Waals surface area contributed by atoms with E-state index in [9.17, 15) is 14.4 Å². The summed E-state index contributed by atoms with van der Waals surface area (Å²) in [4.78, 5) is 34.7. The summed E-state index contributed by atoms with van der Waals surface area (Å²) >= 11 is 3.24. The Morgan fingerprint density at radius 2 is 1.81 bits per heavy atom. The first kappa shape index (κ1) is 27.0. The molecule has 1 heterocycles. The Morgan fingerprint density at radius 3 is 2.43 bits per heavy atom. The molecule has 2 aromatic carbocycles. The lowest BCUT2D eigenvalue weighted by atomic mass is 10.1. The first-order valence-electron chi connectivity index (χ1n) is 10.7. The van der Waals surface area contributed by atoms with Gasteiger partial charge in [-0.1, -0.05) is 6.07 Å². The van der Waals surface area contributed by atoms with Gasteiger partial charge in [0.1, 0.15) is 5.75 Å². The smallest absolute Gasteiger partial charge is 0.308 e. The van der Waals surface area contributed by atoms with E-state index in [1.165, 1.54) is 37.3 Å². The van der Waals surface area contributed by atoms with E-state index in [0.717, 1.165) is 4.68 Å². The van der Waals surface area contributed by atoms with Crippen LogP contribution in [0.2, 0.25) is 0 Å².